The number of hydrogen-bond acceptors (Lipinski definition) is 2. The van der Waals surface area contributed by atoms with E-state index in [-0.39, 0.29) is 0 Å². The van der Waals surface area contributed by atoms with Crippen molar-refractivity contribution in [2.45, 2.75) is 0 Å². The van der Waals surface area contributed by atoms with E-state index in [1.807, 2.05) is 24.5 Å². The molecular formula is C8H6N4. The molecule has 0 saturated heterocycles. The van der Waals surface area contributed by atoms with Crippen molar-refractivity contribution in [3.8, 4) is 0 Å². The first kappa shape index (κ1) is 5.77. The lowest BCUT2D eigenvalue weighted by Gasteiger charge is -1.87. The van der Waals surface area contributed by atoms with Crippen LogP contribution in [0.2, 0.25) is 0 Å². The maximum Gasteiger partial charge on any atom is 0.164 e. The Bertz CT molecular complexity index is 533. The van der Waals surface area contributed by atoms with Crippen LogP contribution in [0.1, 0.15) is 0 Å². The minimum atomic E-state index is 0.883. The van der Waals surface area contributed by atoms with Crippen molar-refractivity contribution < 1.29 is 0 Å². The molecule has 4 heteroatoms. The van der Waals surface area contributed by atoms with Crippen LogP contribution < -0.4 is 0 Å². The molecule has 12 heavy (non-hydrogen) atoms. The quantitative estimate of drug-likeness (QED) is 0.534. The standard InChI is InChI=1S/C8H6N4/c1-3-10-8-6-2-4-9-7(6)11-12(8)5-1/h1-5H,(H,9,11). The van der Waals surface area contributed by atoms with E-state index < -0.39 is 0 Å². The molecule has 0 aliphatic rings. The third kappa shape index (κ3) is 0.567. The van der Waals surface area contributed by atoms with Gasteiger partial charge in [0.05, 0.1) is 5.39 Å². The number of hydrogen-bond donors (Lipinski definition) is 1. The zero-order chi connectivity index (χ0) is 7.97. The third-order valence-electron chi connectivity index (χ3n) is 1.90. The highest BCUT2D eigenvalue weighted by Crippen LogP contribution is 2.14. The van der Waals surface area contributed by atoms with Crippen molar-refractivity contribution in [2.24, 2.45) is 0 Å². The number of nitrogens with one attached hydrogen (secondary N) is 1. The highest BCUT2D eigenvalue weighted by Gasteiger charge is 2.03. The molecule has 3 aromatic rings. The van der Waals surface area contributed by atoms with Gasteiger partial charge in [0.25, 0.3) is 0 Å². The van der Waals surface area contributed by atoms with Gasteiger partial charge in [-0.1, -0.05) is 0 Å². The van der Waals surface area contributed by atoms with E-state index in [1.54, 1.807) is 10.7 Å². The van der Waals surface area contributed by atoms with Crippen molar-refractivity contribution in [2.75, 3.05) is 0 Å². The summed E-state index contributed by atoms with van der Waals surface area (Å²) in [6.45, 7) is 0. The van der Waals surface area contributed by atoms with Gasteiger partial charge in [0.2, 0.25) is 0 Å². The van der Waals surface area contributed by atoms with Gasteiger partial charge in [-0.25, -0.2) is 9.50 Å². The summed E-state index contributed by atoms with van der Waals surface area (Å²) in [7, 11) is 0. The summed E-state index contributed by atoms with van der Waals surface area (Å²) in [6, 6.07) is 3.84. The first-order valence-corrected chi connectivity index (χ1v) is 3.71. The number of H-pyrrole nitrogens is 1. The Kier molecular flexibility index (Phi) is 0.889. The molecule has 4 nitrogen and oxygen atoms in total. The van der Waals surface area contributed by atoms with Crippen LogP contribution in [0, 0.1) is 0 Å². The zero-order valence-corrected chi connectivity index (χ0v) is 6.23. The summed E-state index contributed by atoms with van der Waals surface area (Å²) in [5.41, 5.74) is 1.78. The summed E-state index contributed by atoms with van der Waals surface area (Å²) >= 11 is 0. The van der Waals surface area contributed by atoms with Crippen LogP contribution in [0.5, 0.6) is 0 Å². The number of rotatable bonds is 0. The van der Waals surface area contributed by atoms with Crippen molar-refractivity contribution in [1.82, 2.24) is 19.6 Å². The van der Waals surface area contributed by atoms with Gasteiger partial charge in [0, 0.05) is 18.6 Å². The summed E-state index contributed by atoms with van der Waals surface area (Å²) in [6.07, 6.45) is 5.52. The van der Waals surface area contributed by atoms with E-state index in [0.717, 1.165) is 16.7 Å². The summed E-state index contributed by atoms with van der Waals surface area (Å²) in [4.78, 5) is 7.26. The van der Waals surface area contributed by atoms with Crippen molar-refractivity contribution >= 4 is 16.7 Å². The lowest BCUT2D eigenvalue weighted by atomic mass is 10.4. The Morgan fingerprint density at radius 3 is 3.42 bits per heavy atom. The SMILES string of the molecule is c1cnc2c3cc[nH]c3nn2c1. The van der Waals surface area contributed by atoms with Crippen molar-refractivity contribution in [1.29, 1.82) is 0 Å². The Hall–Kier alpha value is -1.84. The normalized spacial score (nSPS) is 11.3. The fourth-order valence-corrected chi connectivity index (χ4v) is 1.37. The predicted octanol–water partition coefficient (Wildman–Crippen LogP) is 1.21. The minimum Gasteiger partial charge on any atom is -0.345 e. The molecule has 0 aromatic carbocycles. The number of nitrogens with zero attached hydrogens (tertiary/aromatic N) is 3. The predicted molar refractivity (Wildman–Crippen MR) is 44.8 cm³/mol. The minimum absolute atomic E-state index is 0.883. The van der Waals surface area contributed by atoms with Crippen LogP contribution in [0.3, 0.4) is 0 Å². The molecule has 3 rings (SSSR count). The molecule has 0 aliphatic heterocycles. The van der Waals surface area contributed by atoms with E-state index in [4.69, 9.17) is 0 Å². The fourth-order valence-electron chi connectivity index (χ4n) is 1.37. The number of aromatic amines is 1. The average molecular weight is 158 g/mol. The molecule has 1 N–H and O–H groups in total. The molecule has 0 aliphatic carbocycles. The van der Waals surface area contributed by atoms with Crippen molar-refractivity contribution in [3.05, 3.63) is 30.7 Å². The Balaban J connectivity index is 2.68. The van der Waals surface area contributed by atoms with Crippen LogP contribution >= 0.6 is 0 Å². The summed E-state index contributed by atoms with van der Waals surface area (Å²) in [5.74, 6) is 0. The molecule has 0 saturated carbocycles. The van der Waals surface area contributed by atoms with Crippen LogP contribution in [-0.2, 0) is 0 Å². The Morgan fingerprint density at radius 1 is 1.42 bits per heavy atom. The topological polar surface area (TPSA) is 46.0 Å². The van der Waals surface area contributed by atoms with Crippen LogP contribution in [-0.4, -0.2) is 19.6 Å². The van der Waals surface area contributed by atoms with Gasteiger partial charge in [-0.05, 0) is 12.1 Å². The van der Waals surface area contributed by atoms with E-state index in [9.17, 15) is 0 Å². The molecule has 0 fully saturated rings. The van der Waals surface area contributed by atoms with Gasteiger partial charge < -0.3 is 4.98 Å². The van der Waals surface area contributed by atoms with Gasteiger partial charge in [0.15, 0.2) is 11.3 Å². The van der Waals surface area contributed by atoms with Crippen molar-refractivity contribution in [3.63, 3.8) is 0 Å². The van der Waals surface area contributed by atoms with Gasteiger partial charge in [-0.2, -0.15) is 0 Å². The van der Waals surface area contributed by atoms with Crippen LogP contribution in [0.4, 0.5) is 0 Å². The highest BCUT2D eigenvalue weighted by atomic mass is 15.3. The Labute approximate surface area is 67.8 Å². The molecule has 0 spiro atoms. The van der Waals surface area contributed by atoms with Crippen LogP contribution in [0.25, 0.3) is 16.7 Å². The fraction of sp³-hybridized carbons (Fsp3) is 0. The maximum atomic E-state index is 4.27. The van der Waals surface area contributed by atoms with Gasteiger partial charge >= 0.3 is 0 Å². The second kappa shape index (κ2) is 1.85. The maximum absolute atomic E-state index is 4.27. The smallest absolute Gasteiger partial charge is 0.164 e. The molecular weight excluding hydrogens is 152 g/mol. The van der Waals surface area contributed by atoms with Gasteiger partial charge in [-0.3, -0.25) is 0 Å². The zero-order valence-electron chi connectivity index (χ0n) is 6.23. The average Bonchev–Trinajstić information content (AvgIpc) is 2.62. The molecule has 58 valence electrons. The van der Waals surface area contributed by atoms with E-state index in [0.29, 0.717) is 0 Å². The molecule has 3 aromatic heterocycles. The highest BCUT2D eigenvalue weighted by molar-refractivity contribution is 5.89. The molecule has 0 unspecified atom stereocenters. The third-order valence-corrected chi connectivity index (χ3v) is 1.90. The lowest BCUT2D eigenvalue weighted by Crippen LogP contribution is -1.86. The summed E-state index contributed by atoms with van der Waals surface area (Å²) in [5, 5.41) is 5.34. The van der Waals surface area contributed by atoms with E-state index >= 15 is 0 Å². The number of aromatic nitrogens is 4. The number of fused-ring (bicyclic) bond motifs is 3. The van der Waals surface area contributed by atoms with Gasteiger partial charge in [0.1, 0.15) is 0 Å². The molecule has 3 heterocycles. The van der Waals surface area contributed by atoms with E-state index in [1.165, 1.54) is 0 Å². The van der Waals surface area contributed by atoms with Crippen LogP contribution in [0.15, 0.2) is 30.7 Å². The second-order valence-electron chi connectivity index (χ2n) is 2.63. The molecule has 0 amide bonds. The summed E-state index contributed by atoms with van der Waals surface area (Å²) < 4.78 is 1.77. The molecule has 0 bridgehead atoms. The lowest BCUT2D eigenvalue weighted by molar-refractivity contribution is 0.947. The Morgan fingerprint density at radius 2 is 2.42 bits per heavy atom. The van der Waals surface area contributed by atoms with Gasteiger partial charge in [-0.15, -0.1) is 5.10 Å². The monoisotopic (exact) mass is 158 g/mol. The van der Waals surface area contributed by atoms with E-state index in [2.05, 4.69) is 15.1 Å². The second-order valence-corrected chi connectivity index (χ2v) is 2.63. The molecule has 0 radical (unpaired) electrons. The first-order chi connectivity index (χ1) is 5.95. The first-order valence-electron chi connectivity index (χ1n) is 3.71. The largest absolute Gasteiger partial charge is 0.345 e. The molecule has 0 atom stereocenters.